The highest BCUT2D eigenvalue weighted by molar-refractivity contribution is 7.92. The van der Waals surface area contributed by atoms with Crippen LogP contribution in [0.3, 0.4) is 0 Å². The first-order valence-electron chi connectivity index (χ1n) is 11.1. The number of sulfonamides is 1. The van der Waals surface area contributed by atoms with Crippen molar-refractivity contribution in [3.8, 4) is 11.5 Å². The fraction of sp³-hybridized carbons (Fsp3) is 0.458. The molecule has 0 fully saturated rings. The molecule has 3 atom stereocenters. The maximum atomic E-state index is 13.4. The van der Waals surface area contributed by atoms with Crippen molar-refractivity contribution >= 4 is 21.6 Å². The van der Waals surface area contributed by atoms with Gasteiger partial charge in [0.05, 0.1) is 18.8 Å². The zero-order chi connectivity index (χ0) is 24.9. The Morgan fingerprint density at radius 2 is 1.88 bits per heavy atom. The van der Waals surface area contributed by atoms with Gasteiger partial charge in [0.25, 0.3) is 15.9 Å². The lowest BCUT2D eigenvalue weighted by Crippen LogP contribution is -2.44. The van der Waals surface area contributed by atoms with Gasteiger partial charge >= 0.3 is 0 Å². The summed E-state index contributed by atoms with van der Waals surface area (Å²) in [7, 11) is 0.784. The van der Waals surface area contributed by atoms with Crippen molar-refractivity contribution in [2.24, 2.45) is 5.92 Å². The number of carbonyl (C=O) groups excluding carboxylic acids is 1. The highest BCUT2D eigenvalue weighted by atomic mass is 32.2. The minimum Gasteiger partial charge on any atom is -0.495 e. The first-order chi connectivity index (χ1) is 16.2. The van der Waals surface area contributed by atoms with E-state index in [1.807, 2.05) is 6.92 Å². The average molecular weight is 492 g/mol. The Morgan fingerprint density at radius 3 is 2.59 bits per heavy atom. The van der Waals surface area contributed by atoms with Crippen LogP contribution in [0, 0.1) is 5.92 Å². The number of para-hydroxylation sites is 1. The van der Waals surface area contributed by atoms with Crippen LogP contribution in [-0.2, 0) is 14.8 Å². The average Bonchev–Trinajstić information content (AvgIpc) is 2.83. The molecule has 0 saturated heterocycles. The van der Waals surface area contributed by atoms with Gasteiger partial charge in [0, 0.05) is 39.0 Å². The molecule has 2 N–H and O–H groups in total. The van der Waals surface area contributed by atoms with Gasteiger partial charge in [-0.2, -0.15) is 0 Å². The molecule has 2 aromatic carbocycles. The minimum absolute atomic E-state index is 0.00165. The lowest BCUT2D eigenvalue weighted by molar-refractivity contribution is 0.0281. The highest BCUT2D eigenvalue weighted by Crippen LogP contribution is 2.29. The molecular formula is C24H33N3O6S. The molecule has 0 spiro atoms. The quantitative estimate of drug-likeness (QED) is 0.662. The number of hydrogen-bond donors (Lipinski definition) is 2. The molecule has 2 aromatic rings. The van der Waals surface area contributed by atoms with E-state index in [1.54, 1.807) is 49.4 Å². The van der Waals surface area contributed by atoms with E-state index in [2.05, 4.69) is 17.0 Å². The number of amides is 1. The molecular weight excluding hydrogens is 458 g/mol. The summed E-state index contributed by atoms with van der Waals surface area (Å²) < 4.78 is 45.4. The third kappa shape index (κ3) is 5.99. The first-order valence-corrected chi connectivity index (χ1v) is 12.6. The minimum atomic E-state index is -3.95. The molecule has 0 aliphatic carbocycles. The van der Waals surface area contributed by atoms with Gasteiger partial charge in [-0.25, -0.2) is 8.42 Å². The zero-order valence-electron chi connectivity index (χ0n) is 20.2. The molecule has 34 heavy (non-hydrogen) atoms. The second-order valence-corrected chi connectivity index (χ2v) is 10.2. The molecule has 0 radical (unpaired) electrons. The monoisotopic (exact) mass is 491 g/mol. The normalized spacial score (nSPS) is 22.1. The SMILES string of the molecule is COc1ccccc1S(=O)(=O)Nc1ccc2c(c1)C(=O)N(C)C[C@@H](OC)[C@H](C)CN[C@@H](C)CO2. The number of hydrogen-bond acceptors (Lipinski definition) is 7. The molecule has 0 bridgehead atoms. The molecule has 10 heteroatoms. The number of nitrogens with one attached hydrogen (secondary N) is 2. The van der Waals surface area contributed by atoms with E-state index >= 15 is 0 Å². The standard InChI is InChI=1S/C24H33N3O6S/c1-16-13-25-17(2)15-33-20-11-10-18(12-19(20)24(28)27(3)14-22(16)32-5)26-34(29,30)23-9-7-6-8-21(23)31-4/h6-12,16-17,22,25-26H,13-15H2,1-5H3/t16-,17+,22-/m1/s1. The van der Waals surface area contributed by atoms with Crippen molar-refractivity contribution in [1.29, 1.82) is 0 Å². The third-order valence-electron chi connectivity index (χ3n) is 5.84. The lowest BCUT2D eigenvalue weighted by atomic mass is 10.0. The maximum absolute atomic E-state index is 13.4. The predicted molar refractivity (Wildman–Crippen MR) is 130 cm³/mol. The summed E-state index contributed by atoms with van der Waals surface area (Å²) in [5, 5.41) is 3.43. The number of ether oxygens (including phenoxy) is 3. The number of fused-ring (bicyclic) bond motifs is 1. The lowest BCUT2D eigenvalue weighted by Gasteiger charge is -2.30. The molecule has 1 heterocycles. The Balaban J connectivity index is 1.96. The van der Waals surface area contributed by atoms with E-state index in [-0.39, 0.29) is 45.9 Å². The van der Waals surface area contributed by atoms with Crippen molar-refractivity contribution in [3.63, 3.8) is 0 Å². The Bertz CT molecular complexity index is 1110. The Kier molecular flexibility index (Phi) is 8.40. The number of rotatable bonds is 5. The van der Waals surface area contributed by atoms with E-state index in [1.165, 1.54) is 19.2 Å². The molecule has 1 aliphatic heterocycles. The van der Waals surface area contributed by atoms with E-state index < -0.39 is 10.0 Å². The molecule has 9 nitrogen and oxygen atoms in total. The van der Waals surface area contributed by atoms with Crippen molar-refractivity contribution in [3.05, 3.63) is 48.0 Å². The number of benzene rings is 2. The summed E-state index contributed by atoms with van der Waals surface area (Å²) >= 11 is 0. The Labute approximate surface area is 201 Å². The smallest absolute Gasteiger partial charge is 0.265 e. The van der Waals surface area contributed by atoms with E-state index in [4.69, 9.17) is 14.2 Å². The van der Waals surface area contributed by atoms with Crippen molar-refractivity contribution in [2.45, 2.75) is 30.9 Å². The topological polar surface area (TPSA) is 106 Å². The Hall–Kier alpha value is -2.82. The Morgan fingerprint density at radius 1 is 1.15 bits per heavy atom. The van der Waals surface area contributed by atoms with Gasteiger partial charge in [-0.05, 0) is 43.2 Å². The second-order valence-electron chi connectivity index (χ2n) is 8.52. The molecule has 0 unspecified atom stereocenters. The summed E-state index contributed by atoms with van der Waals surface area (Å²) in [5.41, 5.74) is 0.503. The van der Waals surface area contributed by atoms with E-state index in [9.17, 15) is 13.2 Å². The summed E-state index contributed by atoms with van der Waals surface area (Å²) in [5.74, 6) is 0.486. The van der Waals surface area contributed by atoms with Gasteiger partial charge < -0.3 is 24.4 Å². The van der Waals surface area contributed by atoms with Crippen molar-refractivity contribution in [2.75, 3.05) is 45.7 Å². The third-order valence-corrected chi connectivity index (χ3v) is 7.26. The zero-order valence-corrected chi connectivity index (χ0v) is 21.0. The van der Waals surface area contributed by atoms with Crippen LogP contribution in [0.15, 0.2) is 47.4 Å². The molecule has 1 amide bonds. The number of anilines is 1. The first kappa shape index (κ1) is 25.8. The van der Waals surface area contributed by atoms with Gasteiger partial charge in [-0.1, -0.05) is 19.1 Å². The van der Waals surface area contributed by atoms with E-state index in [0.717, 1.165) is 6.54 Å². The van der Waals surface area contributed by atoms with Gasteiger partial charge in [-0.15, -0.1) is 0 Å². The molecule has 1 aliphatic rings. The number of nitrogens with zero attached hydrogens (tertiary/aromatic N) is 1. The predicted octanol–water partition coefficient (Wildman–Crippen LogP) is 2.59. The van der Waals surface area contributed by atoms with Crippen LogP contribution >= 0.6 is 0 Å². The van der Waals surface area contributed by atoms with Crippen LogP contribution in [0.2, 0.25) is 0 Å². The van der Waals surface area contributed by atoms with Gasteiger partial charge in [-0.3, -0.25) is 9.52 Å². The molecule has 0 saturated carbocycles. The highest BCUT2D eigenvalue weighted by Gasteiger charge is 2.26. The fourth-order valence-corrected chi connectivity index (χ4v) is 5.00. The molecule has 0 aromatic heterocycles. The van der Waals surface area contributed by atoms with Gasteiger partial charge in [0.2, 0.25) is 0 Å². The summed E-state index contributed by atoms with van der Waals surface area (Å²) in [4.78, 5) is 14.9. The van der Waals surface area contributed by atoms with Crippen LogP contribution in [-0.4, -0.2) is 72.3 Å². The number of likely N-dealkylation sites (N-methyl/N-ethyl adjacent to an activating group) is 1. The van der Waals surface area contributed by atoms with Gasteiger partial charge in [0.1, 0.15) is 23.0 Å². The molecule has 3 rings (SSSR count). The van der Waals surface area contributed by atoms with Gasteiger partial charge in [0.15, 0.2) is 0 Å². The van der Waals surface area contributed by atoms with Crippen LogP contribution in [0.1, 0.15) is 24.2 Å². The summed E-state index contributed by atoms with van der Waals surface area (Å²) in [6.45, 7) is 5.52. The largest absolute Gasteiger partial charge is 0.495 e. The van der Waals surface area contributed by atoms with E-state index in [0.29, 0.717) is 18.9 Å². The maximum Gasteiger partial charge on any atom is 0.265 e. The molecule has 186 valence electrons. The van der Waals surface area contributed by atoms with Crippen LogP contribution in [0.4, 0.5) is 5.69 Å². The summed E-state index contributed by atoms with van der Waals surface area (Å²) in [6, 6.07) is 11.1. The fourth-order valence-electron chi connectivity index (χ4n) is 3.77. The van der Waals surface area contributed by atoms with Crippen LogP contribution < -0.4 is 19.5 Å². The van der Waals surface area contributed by atoms with Crippen molar-refractivity contribution in [1.82, 2.24) is 10.2 Å². The number of carbonyl (C=O) groups is 1. The van der Waals surface area contributed by atoms with Crippen molar-refractivity contribution < 1.29 is 27.4 Å². The van der Waals surface area contributed by atoms with Crippen LogP contribution in [0.5, 0.6) is 11.5 Å². The second kappa shape index (κ2) is 11.1. The van der Waals surface area contributed by atoms with Crippen LogP contribution in [0.25, 0.3) is 0 Å². The summed E-state index contributed by atoms with van der Waals surface area (Å²) in [6.07, 6.45) is -0.162. The number of methoxy groups -OCH3 is 2.